The second-order valence-electron chi connectivity index (χ2n) is 6.51. The van der Waals surface area contributed by atoms with Crippen LogP contribution in [0.1, 0.15) is 31.1 Å². The number of rotatable bonds is 7. The normalized spacial score (nSPS) is 15.3. The average Bonchev–Trinajstić information content (AvgIpc) is 3.11. The van der Waals surface area contributed by atoms with Crippen molar-refractivity contribution in [2.75, 3.05) is 36.5 Å². The van der Waals surface area contributed by atoms with E-state index in [4.69, 9.17) is 4.74 Å². The van der Waals surface area contributed by atoms with Crippen molar-refractivity contribution in [3.05, 3.63) is 29.8 Å². The SMILES string of the molecule is CCn1c(S[C@@H](C)C(=O)Nc2ccc(C(C)=O)cc2)nnc1N1CCOCC1. The minimum atomic E-state index is -0.348. The molecule has 1 aliphatic rings. The van der Waals surface area contributed by atoms with E-state index >= 15 is 0 Å². The Labute approximate surface area is 168 Å². The summed E-state index contributed by atoms with van der Waals surface area (Å²) in [5.41, 5.74) is 1.28. The second kappa shape index (κ2) is 9.20. The van der Waals surface area contributed by atoms with E-state index < -0.39 is 0 Å². The summed E-state index contributed by atoms with van der Waals surface area (Å²) in [7, 11) is 0. The number of benzene rings is 1. The van der Waals surface area contributed by atoms with Gasteiger partial charge in [0.2, 0.25) is 11.9 Å². The lowest BCUT2D eigenvalue weighted by Gasteiger charge is -2.27. The van der Waals surface area contributed by atoms with Gasteiger partial charge in [-0.25, -0.2) is 0 Å². The summed E-state index contributed by atoms with van der Waals surface area (Å²) in [6, 6.07) is 6.88. The Morgan fingerprint density at radius 2 is 1.89 bits per heavy atom. The first-order valence-corrected chi connectivity index (χ1v) is 10.2. The highest BCUT2D eigenvalue weighted by molar-refractivity contribution is 8.00. The lowest BCUT2D eigenvalue weighted by molar-refractivity contribution is -0.115. The van der Waals surface area contributed by atoms with Crippen molar-refractivity contribution >= 4 is 35.1 Å². The van der Waals surface area contributed by atoms with Crippen LogP contribution in [-0.4, -0.2) is 58.0 Å². The molecule has 2 heterocycles. The van der Waals surface area contributed by atoms with Crippen LogP contribution in [0.15, 0.2) is 29.4 Å². The third-order valence-electron chi connectivity index (χ3n) is 4.52. The average molecular weight is 404 g/mol. The summed E-state index contributed by atoms with van der Waals surface area (Å²) < 4.78 is 7.43. The minimum absolute atomic E-state index is 0.00299. The molecule has 0 aliphatic carbocycles. The number of carbonyl (C=O) groups is 2. The predicted molar refractivity (Wildman–Crippen MR) is 109 cm³/mol. The summed E-state index contributed by atoms with van der Waals surface area (Å²) in [6.45, 7) is 9.06. The van der Waals surface area contributed by atoms with Gasteiger partial charge in [0, 0.05) is 30.9 Å². The highest BCUT2D eigenvalue weighted by atomic mass is 32.2. The number of Topliss-reactive ketones (excluding diaryl/α,β-unsaturated/α-hetero) is 1. The molecule has 0 unspecified atom stereocenters. The third kappa shape index (κ3) is 4.71. The van der Waals surface area contributed by atoms with Crippen molar-refractivity contribution in [3.8, 4) is 0 Å². The topological polar surface area (TPSA) is 89.3 Å². The first-order chi connectivity index (χ1) is 13.5. The number of morpholine rings is 1. The van der Waals surface area contributed by atoms with Gasteiger partial charge >= 0.3 is 0 Å². The molecule has 0 bridgehead atoms. The van der Waals surface area contributed by atoms with Crippen molar-refractivity contribution in [1.29, 1.82) is 0 Å². The van der Waals surface area contributed by atoms with Crippen LogP contribution in [0.4, 0.5) is 11.6 Å². The molecule has 1 N–H and O–H groups in total. The fourth-order valence-corrected chi connectivity index (χ4v) is 3.79. The standard InChI is InChI=1S/C19H25N5O3S/c1-4-24-18(23-9-11-27-12-10-23)21-22-19(24)28-14(3)17(26)20-16-7-5-15(6-8-16)13(2)25/h5-8,14H,4,9-12H2,1-3H3,(H,20,26)/t14-/m0/s1. The maximum absolute atomic E-state index is 12.6. The largest absolute Gasteiger partial charge is 0.378 e. The zero-order valence-electron chi connectivity index (χ0n) is 16.3. The van der Waals surface area contributed by atoms with Gasteiger partial charge in [-0.1, -0.05) is 11.8 Å². The molecule has 1 aromatic heterocycles. The minimum Gasteiger partial charge on any atom is -0.378 e. The van der Waals surface area contributed by atoms with Gasteiger partial charge in [-0.05, 0) is 45.0 Å². The van der Waals surface area contributed by atoms with Crippen molar-refractivity contribution in [1.82, 2.24) is 14.8 Å². The van der Waals surface area contributed by atoms with Crippen molar-refractivity contribution in [3.63, 3.8) is 0 Å². The van der Waals surface area contributed by atoms with Crippen LogP contribution >= 0.6 is 11.8 Å². The number of hydrogen-bond donors (Lipinski definition) is 1. The number of carbonyl (C=O) groups excluding carboxylic acids is 2. The van der Waals surface area contributed by atoms with E-state index in [0.717, 1.165) is 30.7 Å². The number of aromatic nitrogens is 3. The smallest absolute Gasteiger partial charge is 0.237 e. The molecular weight excluding hydrogens is 378 g/mol. The van der Waals surface area contributed by atoms with Crippen LogP contribution in [0.5, 0.6) is 0 Å². The first kappa shape index (κ1) is 20.3. The summed E-state index contributed by atoms with van der Waals surface area (Å²) in [5, 5.41) is 11.9. The molecular formula is C19H25N5O3S. The third-order valence-corrected chi connectivity index (χ3v) is 5.60. The van der Waals surface area contributed by atoms with Crippen LogP contribution in [0.25, 0.3) is 0 Å². The molecule has 1 amide bonds. The maximum Gasteiger partial charge on any atom is 0.237 e. The Balaban J connectivity index is 1.64. The number of ether oxygens (including phenoxy) is 1. The van der Waals surface area contributed by atoms with Crippen molar-refractivity contribution in [2.45, 2.75) is 37.7 Å². The molecule has 0 spiro atoms. The summed E-state index contributed by atoms with van der Waals surface area (Å²) in [6.07, 6.45) is 0. The quantitative estimate of drug-likeness (QED) is 0.561. The van der Waals surface area contributed by atoms with Gasteiger partial charge in [-0.3, -0.25) is 14.2 Å². The molecule has 1 atom stereocenters. The van der Waals surface area contributed by atoms with Crippen LogP contribution in [-0.2, 0) is 16.1 Å². The molecule has 28 heavy (non-hydrogen) atoms. The van der Waals surface area contributed by atoms with Gasteiger partial charge in [0.05, 0.1) is 18.5 Å². The highest BCUT2D eigenvalue weighted by Crippen LogP contribution is 2.26. The molecule has 1 aromatic carbocycles. The monoisotopic (exact) mass is 403 g/mol. The number of nitrogens with zero attached hydrogens (tertiary/aromatic N) is 4. The zero-order chi connectivity index (χ0) is 20.1. The number of anilines is 2. The van der Waals surface area contributed by atoms with E-state index in [1.807, 2.05) is 18.4 Å². The van der Waals surface area contributed by atoms with Crippen LogP contribution in [0.2, 0.25) is 0 Å². The highest BCUT2D eigenvalue weighted by Gasteiger charge is 2.23. The van der Waals surface area contributed by atoms with E-state index in [9.17, 15) is 9.59 Å². The van der Waals surface area contributed by atoms with Gasteiger partial charge < -0.3 is 15.0 Å². The van der Waals surface area contributed by atoms with Crippen LogP contribution in [0.3, 0.4) is 0 Å². The van der Waals surface area contributed by atoms with E-state index in [1.165, 1.54) is 18.7 Å². The molecule has 0 saturated carbocycles. The van der Waals surface area contributed by atoms with Crippen LogP contribution < -0.4 is 10.2 Å². The maximum atomic E-state index is 12.6. The first-order valence-electron chi connectivity index (χ1n) is 9.34. The summed E-state index contributed by atoms with van der Waals surface area (Å²) in [4.78, 5) is 26.1. The zero-order valence-corrected chi connectivity index (χ0v) is 17.2. The summed E-state index contributed by atoms with van der Waals surface area (Å²) in [5.74, 6) is 0.691. The molecule has 8 nitrogen and oxygen atoms in total. The van der Waals surface area contributed by atoms with Gasteiger partial charge in [0.15, 0.2) is 10.9 Å². The molecule has 0 radical (unpaired) electrons. The van der Waals surface area contributed by atoms with Gasteiger partial charge in [-0.2, -0.15) is 0 Å². The predicted octanol–water partition coefficient (Wildman–Crippen LogP) is 2.46. The lowest BCUT2D eigenvalue weighted by atomic mass is 10.1. The fraction of sp³-hybridized carbons (Fsp3) is 0.474. The van der Waals surface area contributed by atoms with Gasteiger partial charge in [0.1, 0.15) is 0 Å². The Morgan fingerprint density at radius 3 is 2.50 bits per heavy atom. The molecule has 1 saturated heterocycles. The van der Waals surface area contributed by atoms with Crippen LogP contribution in [0, 0.1) is 0 Å². The Hall–Kier alpha value is -2.39. The van der Waals surface area contributed by atoms with Gasteiger partial charge in [-0.15, -0.1) is 10.2 Å². The van der Waals surface area contributed by atoms with Crippen molar-refractivity contribution < 1.29 is 14.3 Å². The molecule has 3 rings (SSSR count). The van der Waals surface area contributed by atoms with E-state index in [1.54, 1.807) is 24.3 Å². The Morgan fingerprint density at radius 1 is 1.21 bits per heavy atom. The van der Waals surface area contributed by atoms with Gasteiger partial charge in [0.25, 0.3) is 0 Å². The Bertz CT molecular complexity index is 831. The molecule has 9 heteroatoms. The molecule has 1 aliphatic heterocycles. The van der Waals surface area contributed by atoms with E-state index in [-0.39, 0.29) is 16.9 Å². The number of thioether (sulfide) groups is 1. The summed E-state index contributed by atoms with van der Waals surface area (Å²) >= 11 is 1.38. The molecule has 150 valence electrons. The lowest BCUT2D eigenvalue weighted by Crippen LogP contribution is -2.38. The van der Waals surface area contributed by atoms with E-state index in [2.05, 4.69) is 20.4 Å². The molecule has 1 fully saturated rings. The number of hydrogen-bond acceptors (Lipinski definition) is 7. The number of ketones is 1. The number of amides is 1. The number of nitrogens with one attached hydrogen (secondary N) is 1. The van der Waals surface area contributed by atoms with Crippen molar-refractivity contribution in [2.24, 2.45) is 0 Å². The van der Waals surface area contributed by atoms with E-state index in [0.29, 0.717) is 24.5 Å². The molecule has 2 aromatic rings. The Kier molecular flexibility index (Phi) is 6.69. The fourth-order valence-electron chi connectivity index (χ4n) is 2.89. The second-order valence-corrected chi connectivity index (χ2v) is 7.82.